The lowest BCUT2D eigenvalue weighted by Gasteiger charge is -2.29. The highest BCUT2D eigenvalue weighted by atomic mass is 19.1. The first-order valence-corrected chi connectivity index (χ1v) is 7.06. The van der Waals surface area contributed by atoms with Crippen molar-refractivity contribution in [1.82, 2.24) is 5.32 Å². The first kappa shape index (κ1) is 16.5. The van der Waals surface area contributed by atoms with Gasteiger partial charge in [-0.3, -0.25) is 0 Å². The molecule has 0 saturated heterocycles. The molecule has 110 valence electrons. The summed E-state index contributed by atoms with van der Waals surface area (Å²) in [6, 6.07) is 5.80. The van der Waals surface area contributed by atoms with E-state index in [0.717, 1.165) is 17.8 Å². The highest BCUT2D eigenvalue weighted by molar-refractivity contribution is 5.57. The maximum Gasteiger partial charge on any atom is 0.126 e. The summed E-state index contributed by atoms with van der Waals surface area (Å²) in [5.41, 5.74) is 2.58. The molecular formula is C16H24FN3. The molecule has 0 aromatic heterocycles. The smallest absolute Gasteiger partial charge is 0.126 e. The first-order valence-electron chi connectivity index (χ1n) is 7.06. The van der Waals surface area contributed by atoms with Gasteiger partial charge in [-0.05, 0) is 58.0 Å². The van der Waals surface area contributed by atoms with Crippen molar-refractivity contribution < 1.29 is 4.39 Å². The third-order valence-corrected chi connectivity index (χ3v) is 3.64. The third-order valence-electron chi connectivity index (χ3n) is 3.64. The van der Waals surface area contributed by atoms with E-state index in [0.29, 0.717) is 12.1 Å². The number of benzene rings is 1. The number of nitrogens with zero attached hydrogens (tertiary/aromatic N) is 2. The van der Waals surface area contributed by atoms with E-state index in [9.17, 15) is 4.39 Å². The van der Waals surface area contributed by atoms with E-state index in [4.69, 9.17) is 5.26 Å². The lowest BCUT2D eigenvalue weighted by Crippen LogP contribution is -2.30. The Labute approximate surface area is 121 Å². The van der Waals surface area contributed by atoms with Gasteiger partial charge in [-0.15, -0.1) is 0 Å². The second kappa shape index (κ2) is 7.25. The Morgan fingerprint density at radius 3 is 2.55 bits per heavy atom. The van der Waals surface area contributed by atoms with E-state index in [1.165, 1.54) is 0 Å². The van der Waals surface area contributed by atoms with Crippen LogP contribution in [0.2, 0.25) is 0 Å². The van der Waals surface area contributed by atoms with Crippen LogP contribution in [0.3, 0.4) is 0 Å². The van der Waals surface area contributed by atoms with E-state index in [1.54, 1.807) is 13.0 Å². The van der Waals surface area contributed by atoms with Gasteiger partial charge in [0, 0.05) is 24.8 Å². The highest BCUT2D eigenvalue weighted by Crippen LogP contribution is 2.29. The van der Waals surface area contributed by atoms with E-state index in [-0.39, 0.29) is 17.8 Å². The van der Waals surface area contributed by atoms with Crippen LogP contribution in [0.15, 0.2) is 12.1 Å². The fraction of sp³-hybridized carbons (Fsp3) is 0.562. The van der Waals surface area contributed by atoms with Crippen molar-refractivity contribution in [3.05, 3.63) is 29.1 Å². The average molecular weight is 277 g/mol. The molecule has 0 amide bonds. The Kier molecular flexibility index (Phi) is 5.97. The predicted molar refractivity (Wildman–Crippen MR) is 81.3 cm³/mol. The average Bonchev–Trinajstić information content (AvgIpc) is 2.46. The topological polar surface area (TPSA) is 39.1 Å². The molecule has 1 aromatic carbocycles. The Bertz CT molecular complexity index is 493. The fourth-order valence-corrected chi connectivity index (χ4v) is 2.23. The van der Waals surface area contributed by atoms with Crippen LogP contribution in [0.4, 0.5) is 10.1 Å². The number of rotatable bonds is 6. The van der Waals surface area contributed by atoms with E-state index < -0.39 is 0 Å². The molecule has 0 radical (unpaired) electrons. The van der Waals surface area contributed by atoms with Crippen LogP contribution in [0.1, 0.15) is 37.9 Å². The van der Waals surface area contributed by atoms with Crippen molar-refractivity contribution in [3.63, 3.8) is 0 Å². The number of nitriles is 1. The van der Waals surface area contributed by atoms with Gasteiger partial charge in [0.15, 0.2) is 0 Å². The summed E-state index contributed by atoms with van der Waals surface area (Å²) in [6.45, 7) is 9.18. The number of hydrogen-bond donors (Lipinski definition) is 1. The molecule has 1 aromatic rings. The highest BCUT2D eigenvalue weighted by Gasteiger charge is 2.18. The van der Waals surface area contributed by atoms with Crippen molar-refractivity contribution in [2.75, 3.05) is 25.0 Å². The van der Waals surface area contributed by atoms with Crippen molar-refractivity contribution in [2.45, 2.75) is 33.7 Å². The van der Waals surface area contributed by atoms with E-state index >= 15 is 0 Å². The van der Waals surface area contributed by atoms with Gasteiger partial charge in [-0.25, -0.2) is 4.39 Å². The largest absolute Gasteiger partial charge is 0.370 e. The fourth-order valence-electron chi connectivity index (χ4n) is 2.23. The lowest BCUT2D eigenvalue weighted by molar-refractivity contribution is 0.596. The predicted octanol–water partition coefficient (Wildman–Crippen LogP) is 3.40. The molecule has 1 rings (SSSR count). The number of anilines is 1. The Morgan fingerprint density at radius 2 is 2.05 bits per heavy atom. The number of nitrogens with one attached hydrogen (secondary N) is 1. The summed E-state index contributed by atoms with van der Waals surface area (Å²) >= 11 is 0. The molecule has 0 fully saturated rings. The van der Waals surface area contributed by atoms with Crippen molar-refractivity contribution in [2.24, 2.45) is 5.92 Å². The van der Waals surface area contributed by atoms with Crippen LogP contribution in [0, 0.1) is 30.0 Å². The summed E-state index contributed by atoms with van der Waals surface area (Å²) in [7, 11) is 1.86. The zero-order valence-corrected chi connectivity index (χ0v) is 13.0. The maximum absolute atomic E-state index is 13.9. The Morgan fingerprint density at radius 1 is 1.40 bits per heavy atom. The normalized spacial score (nSPS) is 13.7. The van der Waals surface area contributed by atoms with Gasteiger partial charge < -0.3 is 10.2 Å². The first-order chi connectivity index (χ1) is 9.44. The maximum atomic E-state index is 13.9. The van der Waals surface area contributed by atoms with Crippen LogP contribution < -0.4 is 10.2 Å². The second-order valence-electron chi connectivity index (χ2n) is 5.24. The SMILES string of the molecule is CCN(CC(C)C#N)c1cc(C)c(F)cc1C(C)NC. The summed E-state index contributed by atoms with van der Waals surface area (Å²) in [5, 5.41) is 12.2. The quantitative estimate of drug-likeness (QED) is 0.866. The third kappa shape index (κ3) is 3.71. The molecular weight excluding hydrogens is 253 g/mol. The van der Waals surface area contributed by atoms with Crippen LogP contribution in [-0.2, 0) is 0 Å². The molecule has 0 aliphatic heterocycles. The molecule has 3 nitrogen and oxygen atoms in total. The number of hydrogen-bond acceptors (Lipinski definition) is 3. The molecule has 0 bridgehead atoms. The molecule has 0 saturated carbocycles. The molecule has 20 heavy (non-hydrogen) atoms. The van der Waals surface area contributed by atoms with Crippen LogP contribution >= 0.6 is 0 Å². The molecule has 2 unspecified atom stereocenters. The molecule has 0 aliphatic carbocycles. The van der Waals surface area contributed by atoms with Crippen LogP contribution in [0.5, 0.6) is 0 Å². The lowest BCUT2D eigenvalue weighted by atomic mass is 10.0. The molecule has 0 spiro atoms. The van der Waals surface area contributed by atoms with E-state index in [1.807, 2.05) is 27.0 Å². The Balaban J connectivity index is 3.25. The van der Waals surface area contributed by atoms with Crippen molar-refractivity contribution in [1.29, 1.82) is 5.26 Å². The number of aryl methyl sites for hydroxylation is 1. The molecule has 1 N–H and O–H groups in total. The zero-order chi connectivity index (χ0) is 15.3. The van der Waals surface area contributed by atoms with Gasteiger partial charge in [-0.2, -0.15) is 5.26 Å². The molecule has 2 atom stereocenters. The van der Waals surface area contributed by atoms with E-state index in [2.05, 4.69) is 23.2 Å². The van der Waals surface area contributed by atoms with Crippen LogP contribution in [0.25, 0.3) is 0 Å². The van der Waals surface area contributed by atoms with Gasteiger partial charge in [-0.1, -0.05) is 0 Å². The van der Waals surface area contributed by atoms with Gasteiger partial charge in [0.1, 0.15) is 5.82 Å². The summed E-state index contributed by atoms with van der Waals surface area (Å²) < 4.78 is 13.9. The summed E-state index contributed by atoms with van der Waals surface area (Å²) in [5.74, 6) is -0.242. The summed E-state index contributed by atoms with van der Waals surface area (Å²) in [4.78, 5) is 2.14. The molecule has 0 aliphatic rings. The minimum Gasteiger partial charge on any atom is -0.370 e. The molecule has 0 heterocycles. The number of halogens is 1. The Hall–Kier alpha value is -1.60. The van der Waals surface area contributed by atoms with Gasteiger partial charge >= 0.3 is 0 Å². The van der Waals surface area contributed by atoms with Crippen molar-refractivity contribution >= 4 is 5.69 Å². The minimum absolute atomic E-state index is 0.0574. The second-order valence-corrected chi connectivity index (χ2v) is 5.24. The van der Waals surface area contributed by atoms with Gasteiger partial charge in [0.25, 0.3) is 0 Å². The minimum atomic E-state index is -0.185. The standard InChI is InChI=1S/C16H24FN3/c1-6-20(10-11(2)9-18)16-7-12(3)15(17)8-14(16)13(4)19-5/h7-8,11,13,19H,6,10H2,1-5H3. The van der Waals surface area contributed by atoms with Gasteiger partial charge in [0.2, 0.25) is 0 Å². The van der Waals surface area contributed by atoms with Gasteiger partial charge in [0.05, 0.1) is 12.0 Å². The van der Waals surface area contributed by atoms with Crippen molar-refractivity contribution in [3.8, 4) is 6.07 Å². The molecule has 4 heteroatoms. The zero-order valence-electron chi connectivity index (χ0n) is 13.0. The summed E-state index contributed by atoms with van der Waals surface area (Å²) in [6.07, 6.45) is 0. The monoisotopic (exact) mass is 277 g/mol. The van der Waals surface area contributed by atoms with Crippen LogP contribution in [-0.4, -0.2) is 20.1 Å².